The molecule has 0 fully saturated rings. The van der Waals surface area contributed by atoms with E-state index in [0.717, 1.165) is 12.8 Å². The molecule has 0 saturated carbocycles. The maximum absolute atomic E-state index is 10.5. The molecule has 0 spiro atoms. The molecule has 0 aliphatic carbocycles. The molecule has 0 aromatic rings. The third-order valence-corrected chi connectivity index (χ3v) is 7.27. The summed E-state index contributed by atoms with van der Waals surface area (Å²) < 4.78 is 1.19. The molecule has 198 valence electrons. The lowest BCUT2D eigenvalue weighted by atomic mass is 10.0. The van der Waals surface area contributed by atoms with Crippen LogP contribution in [0, 0.1) is 0 Å². The number of carboxylic acids is 1. The van der Waals surface area contributed by atoms with Crippen LogP contribution in [-0.2, 0) is 4.79 Å². The molecule has 0 unspecified atom stereocenters. The third-order valence-electron chi connectivity index (χ3n) is 7.27. The monoisotopic (exact) mass is 468 g/mol. The minimum Gasteiger partial charge on any atom is -0.481 e. The van der Waals surface area contributed by atoms with Gasteiger partial charge in [0.2, 0.25) is 0 Å². The van der Waals surface area contributed by atoms with Gasteiger partial charge in [0.15, 0.2) is 0 Å². The van der Waals surface area contributed by atoms with Crippen molar-refractivity contribution in [3.05, 3.63) is 0 Å². The summed E-state index contributed by atoms with van der Waals surface area (Å²) in [6.45, 7) is 4.95. The Morgan fingerprint density at radius 2 is 0.758 bits per heavy atom. The van der Waals surface area contributed by atoms with Crippen LogP contribution in [0.5, 0.6) is 0 Å². The van der Waals surface area contributed by atoms with E-state index in [1.807, 2.05) is 0 Å². The number of unbranched alkanes of at least 4 members (excludes halogenated alkanes) is 21. The fourth-order valence-corrected chi connectivity index (χ4v) is 4.90. The lowest BCUT2D eigenvalue weighted by molar-refractivity contribution is -0.890. The van der Waals surface area contributed by atoms with Crippen molar-refractivity contribution in [2.75, 3.05) is 27.2 Å². The van der Waals surface area contributed by atoms with Crippen molar-refractivity contribution in [3.63, 3.8) is 0 Å². The molecule has 0 saturated heterocycles. The number of quaternary nitrogens is 1. The summed E-state index contributed by atoms with van der Waals surface area (Å²) in [6.07, 6.45) is 31.7. The first-order valence-corrected chi connectivity index (χ1v) is 15.0. The summed E-state index contributed by atoms with van der Waals surface area (Å²) in [4.78, 5) is 10.5. The zero-order valence-electron chi connectivity index (χ0n) is 23.2. The van der Waals surface area contributed by atoms with Crippen molar-refractivity contribution >= 4 is 5.97 Å². The number of carbonyl (C=O) groups is 1. The highest BCUT2D eigenvalue weighted by Gasteiger charge is 2.13. The first kappa shape index (κ1) is 32.4. The van der Waals surface area contributed by atoms with Gasteiger partial charge in [0.1, 0.15) is 0 Å². The number of aliphatic carboxylic acids is 1. The van der Waals surface area contributed by atoms with Crippen molar-refractivity contribution in [3.8, 4) is 0 Å². The standard InChI is InChI=1S/C30H61NO2/c1-4-5-6-7-8-9-10-11-12-13-14-16-19-22-25-28-31(2,3)29-26-23-20-17-15-18-21-24-27-30(32)33/h4-29H2,1-3H3/p+1. The molecule has 0 bridgehead atoms. The molecule has 0 atom stereocenters. The van der Waals surface area contributed by atoms with E-state index >= 15 is 0 Å². The van der Waals surface area contributed by atoms with Gasteiger partial charge in [-0.3, -0.25) is 4.79 Å². The first-order chi connectivity index (χ1) is 16.0. The molecule has 0 aromatic carbocycles. The molecule has 3 nitrogen and oxygen atoms in total. The quantitative estimate of drug-likeness (QED) is 0.0962. The highest BCUT2D eigenvalue weighted by molar-refractivity contribution is 5.66. The highest BCUT2D eigenvalue weighted by atomic mass is 16.4. The highest BCUT2D eigenvalue weighted by Crippen LogP contribution is 2.15. The molecule has 0 heterocycles. The van der Waals surface area contributed by atoms with Gasteiger partial charge in [-0.2, -0.15) is 0 Å². The van der Waals surface area contributed by atoms with Gasteiger partial charge in [-0.15, -0.1) is 0 Å². The van der Waals surface area contributed by atoms with Crippen LogP contribution in [0.15, 0.2) is 0 Å². The fraction of sp³-hybridized carbons (Fsp3) is 0.967. The normalized spacial score (nSPS) is 11.8. The summed E-state index contributed by atoms with van der Waals surface area (Å²) in [5.41, 5.74) is 0. The van der Waals surface area contributed by atoms with Crippen LogP contribution in [-0.4, -0.2) is 42.7 Å². The molecule has 33 heavy (non-hydrogen) atoms. The van der Waals surface area contributed by atoms with Gasteiger partial charge < -0.3 is 9.59 Å². The van der Waals surface area contributed by atoms with Gasteiger partial charge in [0.25, 0.3) is 0 Å². The second-order valence-corrected chi connectivity index (χ2v) is 11.3. The van der Waals surface area contributed by atoms with E-state index in [4.69, 9.17) is 5.11 Å². The van der Waals surface area contributed by atoms with E-state index in [-0.39, 0.29) is 0 Å². The van der Waals surface area contributed by atoms with Crippen molar-refractivity contribution in [1.82, 2.24) is 0 Å². The largest absolute Gasteiger partial charge is 0.481 e. The predicted molar refractivity (Wildman–Crippen MR) is 146 cm³/mol. The van der Waals surface area contributed by atoms with Crippen LogP contribution in [0.2, 0.25) is 0 Å². The van der Waals surface area contributed by atoms with E-state index in [1.165, 1.54) is 152 Å². The number of hydrogen-bond acceptors (Lipinski definition) is 1. The Hall–Kier alpha value is -0.570. The van der Waals surface area contributed by atoms with Crippen LogP contribution in [0.4, 0.5) is 0 Å². The van der Waals surface area contributed by atoms with Gasteiger partial charge in [0, 0.05) is 6.42 Å². The van der Waals surface area contributed by atoms with Crippen LogP contribution in [0.3, 0.4) is 0 Å². The Kier molecular flexibility index (Phi) is 24.1. The maximum atomic E-state index is 10.5. The van der Waals surface area contributed by atoms with E-state index in [1.54, 1.807) is 0 Å². The summed E-state index contributed by atoms with van der Waals surface area (Å²) in [5.74, 6) is -0.653. The topological polar surface area (TPSA) is 37.3 Å². The van der Waals surface area contributed by atoms with E-state index in [9.17, 15) is 4.79 Å². The zero-order chi connectivity index (χ0) is 24.5. The Balaban J connectivity index is 3.30. The van der Waals surface area contributed by atoms with E-state index < -0.39 is 5.97 Å². The Morgan fingerprint density at radius 3 is 1.06 bits per heavy atom. The van der Waals surface area contributed by atoms with Crippen LogP contribution < -0.4 is 0 Å². The summed E-state index contributed by atoms with van der Waals surface area (Å²) in [6, 6.07) is 0. The average Bonchev–Trinajstić information content (AvgIpc) is 2.77. The zero-order valence-corrected chi connectivity index (χ0v) is 23.2. The SMILES string of the molecule is CCCCCCCCCCCCCCCCC[N+](C)(C)CCCCCCCCCCC(=O)O. The van der Waals surface area contributed by atoms with Crippen molar-refractivity contribution < 1.29 is 14.4 Å². The summed E-state index contributed by atoms with van der Waals surface area (Å²) in [7, 11) is 4.82. The maximum Gasteiger partial charge on any atom is 0.303 e. The molecule has 0 aliphatic heterocycles. The van der Waals surface area contributed by atoms with Gasteiger partial charge in [-0.25, -0.2) is 0 Å². The first-order valence-electron chi connectivity index (χ1n) is 15.0. The minimum absolute atomic E-state index is 0.340. The van der Waals surface area contributed by atoms with Crippen molar-refractivity contribution in [1.29, 1.82) is 0 Å². The molecule has 1 N–H and O–H groups in total. The third kappa shape index (κ3) is 27.6. The van der Waals surface area contributed by atoms with Crippen LogP contribution >= 0.6 is 0 Å². The van der Waals surface area contributed by atoms with Gasteiger partial charge in [-0.1, -0.05) is 122 Å². The molecular formula is C30H62NO2+. The van der Waals surface area contributed by atoms with Crippen LogP contribution in [0.25, 0.3) is 0 Å². The number of carboxylic acid groups (broad SMARTS) is 1. The molecule has 0 radical (unpaired) electrons. The lowest BCUT2D eigenvalue weighted by Gasteiger charge is -2.30. The van der Waals surface area contributed by atoms with E-state index in [2.05, 4.69) is 21.0 Å². The minimum atomic E-state index is -0.653. The number of nitrogens with zero attached hydrogens (tertiary/aromatic N) is 1. The van der Waals surface area contributed by atoms with Gasteiger partial charge >= 0.3 is 5.97 Å². The average molecular weight is 469 g/mol. The number of rotatable bonds is 27. The van der Waals surface area contributed by atoms with Gasteiger partial charge in [-0.05, 0) is 32.1 Å². The summed E-state index contributed by atoms with van der Waals surface area (Å²) >= 11 is 0. The molecule has 3 heteroatoms. The summed E-state index contributed by atoms with van der Waals surface area (Å²) in [5, 5.41) is 8.64. The second kappa shape index (κ2) is 24.6. The predicted octanol–water partition coefficient (Wildman–Crippen LogP) is 9.53. The molecule has 0 amide bonds. The molecular weight excluding hydrogens is 406 g/mol. The lowest BCUT2D eigenvalue weighted by Crippen LogP contribution is -2.41. The van der Waals surface area contributed by atoms with Crippen molar-refractivity contribution in [2.45, 2.75) is 161 Å². The van der Waals surface area contributed by atoms with Gasteiger partial charge in [0.05, 0.1) is 27.2 Å². The Labute approximate surface area is 208 Å². The van der Waals surface area contributed by atoms with E-state index in [0.29, 0.717) is 6.42 Å². The number of hydrogen-bond donors (Lipinski definition) is 1. The molecule has 0 aliphatic rings. The second-order valence-electron chi connectivity index (χ2n) is 11.3. The smallest absolute Gasteiger partial charge is 0.303 e. The Morgan fingerprint density at radius 1 is 0.485 bits per heavy atom. The van der Waals surface area contributed by atoms with Crippen molar-refractivity contribution in [2.24, 2.45) is 0 Å². The molecule has 0 rings (SSSR count). The molecule has 0 aromatic heterocycles. The Bertz CT molecular complexity index is 408. The fourth-order valence-electron chi connectivity index (χ4n) is 4.90. The van der Waals surface area contributed by atoms with Crippen LogP contribution in [0.1, 0.15) is 161 Å².